The quantitative estimate of drug-likeness (QED) is 0.192. The molecule has 7 rings (SSSR count). The Kier molecular flexibility index (Phi) is 11.3. The average molecular weight is 750 g/mol. The third-order valence-corrected chi connectivity index (χ3v) is 11.7. The van der Waals surface area contributed by atoms with Crippen molar-refractivity contribution in [3.63, 3.8) is 0 Å². The zero-order chi connectivity index (χ0) is 37.8. The molecule has 0 saturated carbocycles. The summed E-state index contributed by atoms with van der Waals surface area (Å²) >= 11 is 1.58. The second-order valence-corrected chi connectivity index (χ2v) is 15.4. The Hall–Kier alpha value is -5.14. The Balaban J connectivity index is 0.990. The number of fused-ring (bicyclic) bond motifs is 1. The van der Waals surface area contributed by atoms with E-state index in [0.717, 1.165) is 78.5 Å². The number of nitrogens with one attached hydrogen (secondary N) is 1. The van der Waals surface area contributed by atoms with Crippen LogP contribution < -0.4 is 15.0 Å². The molecule has 0 radical (unpaired) electrons. The predicted molar refractivity (Wildman–Crippen MR) is 208 cm³/mol. The van der Waals surface area contributed by atoms with Crippen molar-refractivity contribution in [2.45, 2.75) is 58.8 Å². The highest BCUT2D eigenvalue weighted by Gasteiger charge is 2.43. The Morgan fingerprint density at radius 2 is 1.85 bits per heavy atom. The average Bonchev–Trinajstić information content (AvgIpc) is 3.94. The first-order chi connectivity index (χ1) is 26.2. The van der Waals surface area contributed by atoms with Crippen LogP contribution in [0, 0.1) is 12.8 Å². The van der Waals surface area contributed by atoms with Gasteiger partial charge in [0, 0.05) is 75.2 Å². The number of ether oxygens (including phenoxy) is 1. The summed E-state index contributed by atoms with van der Waals surface area (Å²) in [6.07, 6.45) is 3.69. The van der Waals surface area contributed by atoms with E-state index in [1.165, 1.54) is 0 Å². The smallest absolute Gasteiger partial charge is 0.255 e. The lowest BCUT2D eigenvalue weighted by molar-refractivity contribution is -0.143. The van der Waals surface area contributed by atoms with Crippen molar-refractivity contribution in [3.05, 3.63) is 94.3 Å². The van der Waals surface area contributed by atoms with Crippen molar-refractivity contribution in [1.82, 2.24) is 30.0 Å². The number of pyridine rings is 1. The van der Waals surface area contributed by atoms with Crippen LogP contribution >= 0.6 is 11.3 Å². The standard InChI is InChI=1S/C41H47N7O5S/c1-27(2)37(48-24-32-7-4-5-8-33(32)40(48)51)41(52)47-14-6-9-34(47)39(50)43-23-31-12-11-30(38-28(3)44-26-54-38)21-35(31)53-20-19-45-15-17-46(18-16-45)36-13-10-29(25-49)22-42-36/h4-5,7-8,10-13,21-22,25-27,34,37H,6,9,14-20,23-24H2,1-3H3,(H,43,50)/t34-,37-/m0/s1. The lowest BCUT2D eigenvalue weighted by atomic mass is 10.0. The highest BCUT2D eigenvalue weighted by atomic mass is 32.1. The number of thiazole rings is 1. The molecule has 5 heterocycles. The van der Waals surface area contributed by atoms with Gasteiger partial charge in [0.25, 0.3) is 5.91 Å². The number of amides is 3. The molecule has 282 valence electrons. The van der Waals surface area contributed by atoms with E-state index in [-0.39, 0.29) is 30.2 Å². The summed E-state index contributed by atoms with van der Waals surface area (Å²) in [5, 5.41) is 3.12. The molecule has 13 heteroatoms. The molecule has 0 unspecified atom stereocenters. The predicted octanol–water partition coefficient (Wildman–Crippen LogP) is 4.81. The van der Waals surface area contributed by atoms with Crippen LogP contribution in [-0.4, -0.2) is 107 Å². The summed E-state index contributed by atoms with van der Waals surface area (Å²) < 4.78 is 6.45. The van der Waals surface area contributed by atoms with Crippen LogP contribution in [0.3, 0.4) is 0 Å². The Morgan fingerprint density at radius 3 is 2.56 bits per heavy atom. The summed E-state index contributed by atoms with van der Waals surface area (Å²) in [7, 11) is 0. The van der Waals surface area contributed by atoms with E-state index in [4.69, 9.17) is 4.74 Å². The topological polar surface area (TPSA) is 128 Å². The fourth-order valence-electron chi connectivity index (χ4n) is 7.75. The zero-order valence-electron chi connectivity index (χ0n) is 31.1. The summed E-state index contributed by atoms with van der Waals surface area (Å²) in [5.74, 6) is 0.930. The minimum Gasteiger partial charge on any atom is -0.492 e. The molecule has 2 aromatic heterocycles. The number of aryl methyl sites for hydroxylation is 1. The van der Waals surface area contributed by atoms with E-state index >= 15 is 0 Å². The fourth-order valence-corrected chi connectivity index (χ4v) is 8.55. The first kappa shape index (κ1) is 37.2. The number of hydrogen-bond acceptors (Lipinski definition) is 10. The summed E-state index contributed by atoms with van der Waals surface area (Å²) in [4.78, 5) is 70.2. The number of aldehydes is 1. The van der Waals surface area contributed by atoms with E-state index in [1.807, 2.05) is 74.8 Å². The van der Waals surface area contributed by atoms with E-state index in [1.54, 1.807) is 33.4 Å². The Bertz CT molecular complexity index is 1990. The number of carbonyl (C=O) groups is 4. The largest absolute Gasteiger partial charge is 0.492 e. The number of carbonyl (C=O) groups excluding carboxylic acids is 4. The normalized spacial score (nSPS) is 17.9. The number of aromatic nitrogens is 2. The third kappa shape index (κ3) is 7.88. The molecular weight excluding hydrogens is 703 g/mol. The molecule has 4 aromatic rings. The van der Waals surface area contributed by atoms with Crippen molar-refractivity contribution >= 4 is 41.2 Å². The number of hydrogen-bond donors (Lipinski definition) is 1. The van der Waals surface area contributed by atoms with Gasteiger partial charge >= 0.3 is 0 Å². The number of nitrogens with zero attached hydrogens (tertiary/aromatic N) is 6. The van der Waals surface area contributed by atoms with Crippen molar-refractivity contribution in [2.75, 3.05) is 50.8 Å². The SMILES string of the molecule is Cc1ncsc1-c1ccc(CNC(=O)[C@@H]2CCCN2C(=O)[C@H](C(C)C)N2Cc3ccccc3C2=O)c(OCCN2CCN(c3ccc(C=O)cn3)CC2)c1. The van der Waals surface area contributed by atoms with Gasteiger partial charge in [-0.1, -0.05) is 44.2 Å². The highest BCUT2D eigenvalue weighted by molar-refractivity contribution is 7.13. The third-order valence-electron chi connectivity index (χ3n) is 10.7. The maximum absolute atomic E-state index is 14.2. The molecule has 3 aliphatic heterocycles. The lowest BCUT2D eigenvalue weighted by Gasteiger charge is -2.35. The second-order valence-electron chi connectivity index (χ2n) is 14.5. The zero-order valence-corrected chi connectivity index (χ0v) is 31.9. The molecule has 0 bridgehead atoms. The lowest BCUT2D eigenvalue weighted by Crippen LogP contribution is -2.55. The Morgan fingerprint density at radius 1 is 1.04 bits per heavy atom. The molecule has 3 amide bonds. The number of likely N-dealkylation sites (tertiary alicyclic amines) is 1. The summed E-state index contributed by atoms with van der Waals surface area (Å²) in [5.41, 5.74) is 6.77. The van der Waals surface area contributed by atoms with Crippen molar-refractivity contribution < 1.29 is 23.9 Å². The number of anilines is 1. The van der Waals surface area contributed by atoms with Crippen LogP contribution in [0.25, 0.3) is 10.4 Å². The molecule has 2 aromatic carbocycles. The van der Waals surface area contributed by atoms with Crippen LogP contribution in [0.4, 0.5) is 5.82 Å². The maximum atomic E-state index is 14.2. The molecule has 2 atom stereocenters. The summed E-state index contributed by atoms with van der Waals surface area (Å²) in [6, 6.07) is 16.0. The van der Waals surface area contributed by atoms with E-state index in [0.29, 0.717) is 43.0 Å². The minimum absolute atomic E-state index is 0.122. The van der Waals surface area contributed by atoms with Crippen molar-refractivity contribution in [1.29, 1.82) is 0 Å². The van der Waals surface area contributed by atoms with Crippen LogP contribution in [0.5, 0.6) is 5.75 Å². The van der Waals surface area contributed by atoms with Crippen LogP contribution in [0.2, 0.25) is 0 Å². The van der Waals surface area contributed by atoms with Gasteiger partial charge in [-0.15, -0.1) is 11.3 Å². The first-order valence-electron chi connectivity index (χ1n) is 18.7. The van der Waals surface area contributed by atoms with Crippen LogP contribution in [-0.2, 0) is 22.7 Å². The highest BCUT2D eigenvalue weighted by Crippen LogP contribution is 2.33. The van der Waals surface area contributed by atoms with Gasteiger partial charge in [-0.3, -0.25) is 24.1 Å². The maximum Gasteiger partial charge on any atom is 0.255 e. The Labute approximate surface area is 320 Å². The molecule has 0 aliphatic carbocycles. The van der Waals surface area contributed by atoms with Gasteiger partial charge < -0.3 is 24.8 Å². The van der Waals surface area contributed by atoms with Crippen LogP contribution in [0.1, 0.15) is 64.2 Å². The van der Waals surface area contributed by atoms with Crippen LogP contribution in [0.15, 0.2) is 66.3 Å². The molecule has 54 heavy (non-hydrogen) atoms. The molecule has 2 saturated heterocycles. The number of rotatable bonds is 13. The molecule has 0 spiro atoms. The van der Waals surface area contributed by atoms with E-state index < -0.39 is 12.1 Å². The minimum atomic E-state index is -0.657. The monoisotopic (exact) mass is 749 g/mol. The number of benzene rings is 2. The van der Waals surface area contributed by atoms with E-state index in [2.05, 4.69) is 25.1 Å². The van der Waals surface area contributed by atoms with Gasteiger partial charge in [-0.05, 0) is 61.1 Å². The van der Waals surface area contributed by atoms with Crippen molar-refractivity contribution in [3.8, 4) is 16.2 Å². The van der Waals surface area contributed by atoms with Crippen molar-refractivity contribution in [2.24, 2.45) is 5.92 Å². The van der Waals surface area contributed by atoms with Gasteiger partial charge in [0.1, 0.15) is 30.3 Å². The van der Waals surface area contributed by atoms with Gasteiger partial charge in [0.2, 0.25) is 11.8 Å². The molecule has 1 N–H and O–H groups in total. The van der Waals surface area contributed by atoms with Gasteiger partial charge in [0.15, 0.2) is 6.29 Å². The van der Waals surface area contributed by atoms with E-state index in [9.17, 15) is 19.2 Å². The van der Waals surface area contributed by atoms with Gasteiger partial charge in [-0.2, -0.15) is 0 Å². The molecule has 2 fully saturated rings. The molecule has 12 nitrogen and oxygen atoms in total. The summed E-state index contributed by atoms with van der Waals surface area (Å²) in [6.45, 7) is 11.6. The molecular formula is C41H47N7O5S. The van der Waals surface area contributed by atoms with Gasteiger partial charge in [0.05, 0.1) is 16.1 Å². The van der Waals surface area contributed by atoms with Gasteiger partial charge in [-0.25, -0.2) is 9.97 Å². The fraction of sp³-hybridized carbons (Fsp3) is 0.415. The molecule has 3 aliphatic rings. The first-order valence-corrected chi connectivity index (χ1v) is 19.6. The number of piperazine rings is 1. The second kappa shape index (κ2) is 16.5.